The Morgan fingerprint density at radius 1 is 1.45 bits per heavy atom. The summed E-state index contributed by atoms with van der Waals surface area (Å²) in [4.78, 5) is 6.83. The van der Waals surface area contributed by atoms with Crippen LogP contribution in [0.15, 0.2) is 24.5 Å². The molecule has 1 aliphatic heterocycles. The van der Waals surface area contributed by atoms with Crippen LogP contribution in [0.4, 0.5) is 0 Å². The summed E-state index contributed by atoms with van der Waals surface area (Å²) >= 11 is 0. The van der Waals surface area contributed by atoms with Gasteiger partial charge in [-0.1, -0.05) is 19.9 Å². The van der Waals surface area contributed by atoms with Crippen LogP contribution in [0.25, 0.3) is 0 Å². The van der Waals surface area contributed by atoms with Gasteiger partial charge in [-0.2, -0.15) is 0 Å². The fourth-order valence-corrected chi connectivity index (χ4v) is 2.66. The van der Waals surface area contributed by atoms with Gasteiger partial charge in [-0.3, -0.25) is 9.88 Å². The SMILES string of the molecule is CC(C)CCN(Cc1cccnc1)CC1CCNC1.Cl. The monoisotopic (exact) mass is 297 g/mol. The minimum atomic E-state index is 0. The van der Waals surface area contributed by atoms with Crippen molar-refractivity contribution in [3.05, 3.63) is 30.1 Å². The van der Waals surface area contributed by atoms with Gasteiger partial charge in [0.15, 0.2) is 0 Å². The summed E-state index contributed by atoms with van der Waals surface area (Å²) in [5.41, 5.74) is 1.33. The first-order chi connectivity index (χ1) is 9.24. The van der Waals surface area contributed by atoms with Gasteiger partial charge in [0.2, 0.25) is 0 Å². The Kier molecular flexibility index (Phi) is 8.12. The third kappa shape index (κ3) is 6.21. The Morgan fingerprint density at radius 2 is 2.30 bits per heavy atom. The Hall–Kier alpha value is -0.640. The molecule has 1 atom stereocenters. The standard InChI is InChI=1S/C16H27N3.ClH/c1-14(2)6-9-19(13-16-5-8-18-11-16)12-15-4-3-7-17-10-15;/h3-4,7,10,14,16,18H,5-6,8-9,11-13H2,1-2H3;1H. The van der Waals surface area contributed by atoms with E-state index in [1.165, 1.54) is 44.6 Å². The van der Waals surface area contributed by atoms with Crippen LogP contribution in [-0.2, 0) is 6.54 Å². The number of nitrogens with zero attached hydrogens (tertiary/aromatic N) is 2. The van der Waals surface area contributed by atoms with Gasteiger partial charge >= 0.3 is 0 Å². The molecule has 114 valence electrons. The molecule has 1 N–H and O–H groups in total. The van der Waals surface area contributed by atoms with Gasteiger partial charge in [0.1, 0.15) is 0 Å². The Morgan fingerprint density at radius 3 is 2.90 bits per heavy atom. The number of pyridine rings is 1. The maximum atomic E-state index is 4.23. The van der Waals surface area contributed by atoms with Gasteiger partial charge in [0.05, 0.1) is 0 Å². The predicted molar refractivity (Wildman–Crippen MR) is 87.2 cm³/mol. The van der Waals surface area contributed by atoms with Crippen molar-refractivity contribution in [1.82, 2.24) is 15.2 Å². The number of aromatic nitrogens is 1. The molecule has 1 aromatic heterocycles. The molecule has 3 nitrogen and oxygen atoms in total. The summed E-state index contributed by atoms with van der Waals surface area (Å²) in [6, 6.07) is 4.22. The van der Waals surface area contributed by atoms with Gasteiger partial charge in [0, 0.05) is 25.5 Å². The molecule has 0 spiro atoms. The molecule has 0 amide bonds. The number of hydrogen-bond donors (Lipinski definition) is 1. The van der Waals surface area contributed by atoms with E-state index in [1.54, 1.807) is 0 Å². The van der Waals surface area contributed by atoms with Gasteiger partial charge in [-0.05, 0) is 55.9 Å². The van der Waals surface area contributed by atoms with E-state index in [0.717, 1.165) is 18.4 Å². The van der Waals surface area contributed by atoms with E-state index >= 15 is 0 Å². The molecule has 1 unspecified atom stereocenters. The molecule has 2 rings (SSSR count). The second-order valence-electron chi connectivity index (χ2n) is 6.14. The van der Waals surface area contributed by atoms with Crippen molar-refractivity contribution < 1.29 is 0 Å². The molecular weight excluding hydrogens is 270 g/mol. The van der Waals surface area contributed by atoms with E-state index in [2.05, 4.69) is 35.1 Å². The summed E-state index contributed by atoms with van der Waals surface area (Å²) in [6.45, 7) is 10.4. The smallest absolute Gasteiger partial charge is 0.0312 e. The minimum Gasteiger partial charge on any atom is -0.316 e. The van der Waals surface area contributed by atoms with E-state index in [9.17, 15) is 0 Å². The molecule has 1 aliphatic rings. The second-order valence-corrected chi connectivity index (χ2v) is 6.14. The van der Waals surface area contributed by atoms with Gasteiger partial charge in [-0.15, -0.1) is 12.4 Å². The Bertz CT molecular complexity index is 350. The van der Waals surface area contributed by atoms with Gasteiger partial charge in [0.25, 0.3) is 0 Å². The first-order valence-corrected chi connectivity index (χ1v) is 7.56. The summed E-state index contributed by atoms with van der Waals surface area (Å²) in [7, 11) is 0. The predicted octanol–water partition coefficient (Wildman–Crippen LogP) is 2.96. The largest absolute Gasteiger partial charge is 0.316 e. The maximum Gasteiger partial charge on any atom is 0.0312 e. The molecule has 1 aromatic rings. The third-order valence-corrected chi connectivity index (χ3v) is 3.83. The Labute approximate surface area is 129 Å². The van der Waals surface area contributed by atoms with Crippen molar-refractivity contribution >= 4 is 12.4 Å². The summed E-state index contributed by atoms with van der Waals surface area (Å²) in [6.07, 6.45) is 6.45. The zero-order chi connectivity index (χ0) is 13.5. The minimum absolute atomic E-state index is 0. The fourth-order valence-electron chi connectivity index (χ4n) is 2.66. The van der Waals surface area contributed by atoms with Gasteiger partial charge < -0.3 is 5.32 Å². The highest BCUT2D eigenvalue weighted by Gasteiger charge is 2.18. The van der Waals surface area contributed by atoms with Crippen LogP contribution in [0.5, 0.6) is 0 Å². The van der Waals surface area contributed by atoms with E-state index < -0.39 is 0 Å². The van der Waals surface area contributed by atoms with Crippen LogP contribution in [0.1, 0.15) is 32.3 Å². The highest BCUT2D eigenvalue weighted by molar-refractivity contribution is 5.85. The van der Waals surface area contributed by atoms with Crippen molar-refractivity contribution in [2.24, 2.45) is 11.8 Å². The van der Waals surface area contributed by atoms with Gasteiger partial charge in [-0.25, -0.2) is 0 Å². The number of hydrogen-bond acceptors (Lipinski definition) is 3. The molecule has 0 saturated carbocycles. The van der Waals surface area contributed by atoms with Crippen molar-refractivity contribution in [1.29, 1.82) is 0 Å². The Balaban J connectivity index is 0.00000200. The maximum absolute atomic E-state index is 4.23. The molecule has 0 aromatic carbocycles. The lowest BCUT2D eigenvalue weighted by molar-refractivity contribution is 0.217. The van der Waals surface area contributed by atoms with Crippen LogP contribution in [0, 0.1) is 11.8 Å². The summed E-state index contributed by atoms with van der Waals surface area (Å²) < 4.78 is 0. The van der Waals surface area contributed by atoms with Crippen LogP contribution < -0.4 is 5.32 Å². The molecule has 0 aliphatic carbocycles. The van der Waals surface area contributed by atoms with Crippen molar-refractivity contribution in [2.45, 2.75) is 33.2 Å². The number of rotatable bonds is 7. The highest BCUT2D eigenvalue weighted by Crippen LogP contribution is 2.14. The molecular formula is C16H28ClN3. The molecule has 4 heteroatoms. The lowest BCUT2D eigenvalue weighted by Gasteiger charge is -2.26. The molecule has 0 radical (unpaired) electrons. The number of halogens is 1. The van der Waals surface area contributed by atoms with E-state index in [4.69, 9.17) is 0 Å². The van der Waals surface area contributed by atoms with Crippen LogP contribution in [-0.4, -0.2) is 36.1 Å². The van der Waals surface area contributed by atoms with Crippen molar-refractivity contribution in [3.8, 4) is 0 Å². The fraction of sp³-hybridized carbons (Fsp3) is 0.688. The quantitative estimate of drug-likeness (QED) is 0.839. The summed E-state index contributed by atoms with van der Waals surface area (Å²) in [5.74, 6) is 1.60. The molecule has 0 bridgehead atoms. The first kappa shape index (κ1) is 17.4. The normalized spacial score (nSPS) is 18.5. The first-order valence-electron chi connectivity index (χ1n) is 7.56. The average Bonchev–Trinajstić information content (AvgIpc) is 2.90. The third-order valence-electron chi connectivity index (χ3n) is 3.83. The zero-order valence-corrected chi connectivity index (χ0v) is 13.5. The average molecular weight is 298 g/mol. The van der Waals surface area contributed by atoms with E-state index in [-0.39, 0.29) is 12.4 Å². The van der Waals surface area contributed by atoms with Crippen LogP contribution >= 0.6 is 12.4 Å². The lowest BCUT2D eigenvalue weighted by Crippen LogP contribution is -2.31. The van der Waals surface area contributed by atoms with E-state index in [1.807, 2.05) is 18.5 Å². The number of nitrogens with one attached hydrogen (secondary N) is 1. The van der Waals surface area contributed by atoms with Crippen molar-refractivity contribution in [2.75, 3.05) is 26.2 Å². The zero-order valence-electron chi connectivity index (χ0n) is 12.7. The highest BCUT2D eigenvalue weighted by atomic mass is 35.5. The van der Waals surface area contributed by atoms with Crippen molar-refractivity contribution in [3.63, 3.8) is 0 Å². The van der Waals surface area contributed by atoms with Crippen LogP contribution in [0.2, 0.25) is 0 Å². The van der Waals surface area contributed by atoms with E-state index in [0.29, 0.717) is 0 Å². The molecule has 2 heterocycles. The topological polar surface area (TPSA) is 28.2 Å². The molecule has 1 saturated heterocycles. The molecule has 1 fully saturated rings. The van der Waals surface area contributed by atoms with Crippen LogP contribution in [0.3, 0.4) is 0 Å². The second kappa shape index (κ2) is 9.32. The summed E-state index contributed by atoms with van der Waals surface area (Å²) in [5, 5.41) is 3.47. The molecule has 20 heavy (non-hydrogen) atoms. The lowest BCUT2D eigenvalue weighted by atomic mass is 10.1.